The number of nitrogens with zero attached hydrogens (tertiary/aromatic N) is 1. The Morgan fingerprint density at radius 3 is 2.37 bits per heavy atom. The van der Waals surface area contributed by atoms with Gasteiger partial charge in [0.15, 0.2) is 0 Å². The van der Waals surface area contributed by atoms with Crippen molar-refractivity contribution in [1.29, 1.82) is 0 Å². The molecule has 0 fully saturated rings. The molecule has 19 heavy (non-hydrogen) atoms. The molecule has 2 aromatic carbocycles. The molecule has 0 aliphatic heterocycles. The Labute approximate surface area is 114 Å². The van der Waals surface area contributed by atoms with Crippen LogP contribution in [-0.4, -0.2) is 4.57 Å². The third-order valence-electron chi connectivity index (χ3n) is 3.72. The Balaban J connectivity index is 1.95. The molecule has 0 spiro atoms. The summed E-state index contributed by atoms with van der Waals surface area (Å²) >= 11 is 0. The van der Waals surface area contributed by atoms with Gasteiger partial charge in [0.1, 0.15) is 0 Å². The molecule has 0 atom stereocenters. The molecule has 0 aliphatic carbocycles. The molecule has 0 unspecified atom stereocenters. The number of fused-ring (bicyclic) bond motifs is 1. The van der Waals surface area contributed by atoms with Crippen LogP contribution >= 0.6 is 0 Å². The minimum absolute atomic E-state index is 0.940. The molecule has 0 N–H and O–H groups in total. The van der Waals surface area contributed by atoms with Crippen molar-refractivity contribution in [3.05, 3.63) is 71.4 Å². The lowest BCUT2D eigenvalue weighted by Gasteiger charge is -2.07. The van der Waals surface area contributed by atoms with Gasteiger partial charge in [-0.3, -0.25) is 0 Å². The van der Waals surface area contributed by atoms with Crippen LogP contribution in [0.25, 0.3) is 10.9 Å². The smallest absolute Gasteiger partial charge is 0.0483 e. The average Bonchev–Trinajstić information content (AvgIpc) is 2.83. The predicted molar refractivity (Wildman–Crippen MR) is 81.6 cm³/mol. The minimum Gasteiger partial charge on any atom is -0.343 e. The summed E-state index contributed by atoms with van der Waals surface area (Å²) in [5, 5.41) is 1.34. The van der Waals surface area contributed by atoms with Crippen molar-refractivity contribution < 1.29 is 0 Å². The van der Waals surface area contributed by atoms with Crippen molar-refractivity contribution >= 4 is 10.9 Å². The Bertz CT molecular complexity index is 689. The van der Waals surface area contributed by atoms with Crippen LogP contribution in [0.3, 0.4) is 0 Å². The van der Waals surface area contributed by atoms with Crippen LogP contribution in [0.4, 0.5) is 0 Å². The minimum atomic E-state index is 0.940. The molecule has 0 saturated carbocycles. The van der Waals surface area contributed by atoms with Gasteiger partial charge >= 0.3 is 0 Å². The lowest BCUT2D eigenvalue weighted by molar-refractivity contribution is 0.836. The Hall–Kier alpha value is -2.02. The molecule has 0 saturated heterocycles. The Morgan fingerprint density at radius 2 is 1.63 bits per heavy atom. The molecular formula is C18H19N. The summed E-state index contributed by atoms with van der Waals surface area (Å²) in [6.07, 6.45) is 3.28. The van der Waals surface area contributed by atoms with Gasteiger partial charge in [-0.1, -0.05) is 42.8 Å². The standard InChI is InChI=1S/C18H19N/c1-3-15-8-9-18-17(12-15)10-11-19(18)13-16-6-4-14(2)5-7-16/h4-12H,3,13H2,1-2H3. The van der Waals surface area contributed by atoms with Gasteiger partial charge < -0.3 is 4.57 Å². The number of hydrogen-bond donors (Lipinski definition) is 0. The third-order valence-corrected chi connectivity index (χ3v) is 3.72. The van der Waals surface area contributed by atoms with Crippen molar-refractivity contribution in [1.82, 2.24) is 4.57 Å². The summed E-state index contributed by atoms with van der Waals surface area (Å²) in [6.45, 7) is 5.26. The van der Waals surface area contributed by atoms with E-state index in [4.69, 9.17) is 0 Å². The highest BCUT2D eigenvalue weighted by atomic mass is 14.9. The maximum absolute atomic E-state index is 2.32. The lowest BCUT2D eigenvalue weighted by atomic mass is 10.1. The summed E-state index contributed by atoms with van der Waals surface area (Å²) in [5.74, 6) is 0. The molecular weight excluding hydrogens is 230 g/mol. The third kappa shape index (κ3) is 2.41. The normalized spacial score (nSPS) is 11.1. The first-order valence-corrected chi connectivity index (χ1v) is 6.89. The van der Waals surface area contributed by atoms with Gasteiger partial charge in [0.05, 0.1) is 0 Å². The van der Waals surface area contributed by atoms with Crippen molar-refractivity contribution in [2.45, 2.75) is 26.8 Å². The molecule has 0 radical (unpaired) electrons. The van der Waals surface area contributed by atoms with Crippen LogP contribution < -0.4 is 0 Å². The van der Waals surface area contributed by atoms with Crippen LogP contribution in [0.15, 0.2) is 54.7 Å². The van der Waals surface area contributed by atoms with Crippen molar-refractivity contribution in [3.8, 4) is 0 Å². The second kappa shape index (κ2) is 4.93. The first-order valence-electron chi connectivity index (χ1n) is 6.89. The van der Waals surface area contributed by atoms with Gasteiger partial charge in [-0.05, 0) is 48.1 Å². The lowest BCUT2D eigenvalue weighted by Crippen LogP contribution is -1.97. The van der Waals surface area contributed by atoms with Crippen molar-refractivity contribution in [3.63, 3.8) is 0 Å². The van der Waals surface area contributed by atoms with E-state index in [1.807, 2.05) is 0 Å². The molecule has 1 nitrogen and oxygen atoms in total. The van der Waals surface area contributed by atoms with Gasteiger partial charge in [0.2, 0.25) is 0 Å². The topological polar surface area (TPSA) is 4.93 Å². The summed E-state index contributed by atoms with van der Waals surface area (Å²) in [6, 6.07) is 17.7. The van der Waals surface area contributed by atoms with Crippen LogP contribution in [0.2, 0.25) is 0 Å². The van der Waals surface area contributed by atoms with E-state index in [9.17, 15) is 0 Å². The quantitative estimate of drug-likeness (QED) is 0.641. The van der Waals surface area contributed by atoms with E-state index in [1.54, 1.807) is 0 Å². The summed E-state index contributed by atoms with van der Waals surface area (Å²) in [5.41, 5.74) is 5.38. The van der Waals surface area contributed by atoms with Crippen LogP contribution in [-0.2, 0) is 13.0 Å². The highest BCUT2D eigenvalue weighted by Gasteiger charge is 2.02. The van der Waals surface area contributed by atoms with E-state index < -0.39 is 0 Å². The first kappa shape index (κ1) is 12.0. The fourth-order valence-corrected chi connectivity index (χ4v) is 2.50. The molecule has 0 amide bonds. The largest absolute Gasteiger partial charge is 0.343 e. The zero-order valence-corrected chi connectivity index (χ0v) is 11.6. The van der Waals surface area contributed by atoms with Gasteiger partial charge in [0, 0.05) is 18.3 Å². The second-order valence-electron chi connectivity index (χ2n) is 5.18. The summed E-state index contributed by atoms with van der Waals surface area (Å²) < 4.78 is 2.32. The first-order chi connectivity index (χ1) is 9.26. The molecule has 1 heteroatoms. The van der Waals surface area contributed by atoms with E-state index in [0.29, 0.717) is 0 Å². The molecule has 96 valence electrons. The maximum atomic E-state index is 2.32. The highest BCUT2D eigenvalue weighted by molar-refractivity contribution is 5.81. The van der Waals surface area contributed by atoms with Crippen LogP contribution in [0, 0.1) is 6.92 Å². The second-order valence-corrected chi connectivity index (χ2v) is 5.18. The zero-order valence-electron chi connectivity index (χ0n) is 11.6. The molecule has 3 rings (SSSR count). The van der Waals surface area contributed by atoms with Gasteiger partial charge in [-0.2, -0.15) is 0 Å². The van der Waals surface area contributed by atoms with E-state index in [1.165, 1.54) is 27.6 Å². The molecule has 1 heterocycles. The number of hydrogen-bond acceptors (Lipinski definition) is 0. The number of aryl methyl sites for hydroxylation is 2. The van der Waals surface area contributed by atoms with Crippen LogP contribution in [0.1, 0.15) is 23.6 Å². The molecule has 0 bridgehead atoms. The van der Waals surface area contributed by atoms with Crippen molar-refractivity contribution in [2.24, 2.45) is 0 Å². The predicted octanol–water partition coefficient (Wildman–Crippen LogP) is 4.56. The SMILES string of the molecule is CCc1ccc2c(ccn2Cc2ccc(C)cc2)c1. The Kier molecular flexibility index (Phi) is 3.12. The summed E-state index contributed by atoms with van der Waals surface area (Å²) in [4.78, 5) is 0. The van der Waals surface area contributed by atoms with E-state index in [-0.39, 0.29) is 0 Å². The Morgan fingerprint density at radius 1 is 0.895 bits per heavy atom. The van der Waals surface area contributed by atoms with E-state index in [2.05, 4.69) is 73.1 Å². The fraction of sp³-hybridized carbons (Fsp3) is 0.222. The average molecular weight is 249 g/mol. The summed E-state index contributed by atoms with van der Waals surface area (Å²) in [7, 11) is 0. The number of rotatable bonds is 3. The van der Waals surface area contributed by atoms with Gasteiger partial charge in [0.25, 0.3) is 0 Å². The fourth-order valence-electron chi connectivity index (χ4n) is 2.50. The monoisotopic (exact) mass is 249 g/mol. The number of benzene rings is 2. The number of aromatic nitrogens is 1. The zero-order chi connectivity index (χ0) is 13.2. The van der Waals surface area contributed by atoms with Gasteiger partial charge in [-0.25, -0.2) is 0 Å². The van der Waals surface area contributed by atoms with E-state index in [0.717, 1.165) is 13.0 Å². The van der Waals surface area contributed by atoms with E-state index >= 15 is 0 Å². The van der Waals surface area contributed by atoms with Crippen molar-refractivity contribution in [2.75, 3.05) is 0 Å². The van der Waals surface area contributed by atoms with Crippen LogP contribution in [0.5, 0.6) is 0 Å². The molecule has 0 aliphatic rings. The highest BCUT2D eigenvalue weighted by Crippen LogP contribution is 2.19. The van der Waals surface area contributed by atoms with Gasteiger partial charge in [-0.15, -0.1) is 0 Å². The molecule has 3 aromatic rings. The maximum Gasteiger partial charge on any atom is 0.0483 e. The molecule has 1 aromatic heterocycles.